The van der Waals surface area contributed by atoms with Crippen molar-refractivity contribution in [2.75, 3.05) is 7.11 Å². The number of halogens is 1. The van der Waals surface area contributed by atoms with Crippen LogP contribution in [0.3, 0.4) is 0 Å². The van der Waals surface area contributed by atoms with Crippen LogP contribution < -0.4 is 4.74 Å². The van der Waals surface area contributed by atoms with E-state index in [0.717, 1.165) is 39.8 Å². The van der Waals surface area contributed by atoms with Gasteiger partial charge in [-0.15, -0.1) is 0 Å². The van der Waals surface area contributed by atoms with Crippen LogP contribution in [-0.4, -0.2) is 18.4 Å². The number of H-pyrrole nitrogens is 1. The summed E-state index contributed by atoms with van der Waals surface area (Å²) in [6, 6.07) is 11.3. The van der Waals surface area contributed by atoms with E-state index >= 15 is 0 Å². The Balaban J connectivity index is 2.26. The number of aryl methyl sites for hydroxylation is 1. The average Bonchev–Trinajstić information content (AvgIpc) is 2.90. The molecule has 0 spiro atoms. The summed E-state index contributed by atoms with van der Waals surface area (Å²) in [5.74, 6) is 0.779. The molecule has 0 saturated carbocycles. The summed E-state index contributed by atoms with van der Waals surface area (Å²) in [7, 11) is 1.63. The van der Waals surface area contributed by atoms with Crippen molar-refractivity contribution < 1.29 is 9.53 Å². The van der Waals surface area contributed by atoms with Crippen LogP contribution in [-0.2, 0) is 0 Å². The molecule has 0 bridgehead atoms. The largest absolute Gasteiger partial charge is 0.497 e. The lowest BCUT2D eigenvalue weighted by Crippen LogP contribution is -1.86. The summed E-state index contributed by atoms with van der Waals surface area (Å²) in [6.07, 6.45) is 0.881. The number of hydrogen-bond donors (Lipinski definition) is 1. The number of hydrogen-bond acceptors (Lipinski definition) is 2. The minimum absolute atomic E-state index is 0.648. The van der Waals surface area contributed by atoms with E-state index in [1.807, 2.05) is 43.3 Å². The molecule has 3 rings (SSSR count). The monoisotopic (exact) mass is 299 g/mol. The number of rotatable bonds is 3. The van der Waals surface area contributed by atoms with E-state index in [0.29, 0.717) is 10.6 Å². The predicted octanol–water partition coefficient (Wildman–Crippen LogP) is 4.62. The molecule has 1 heterocycles. The third-order valence-corrected chi connectivity index (χ3v) is 4.11. The first-order chi connectivity index (χ1) is 10.2. The van der Waals surface area contributed by atoms with Crippen LogP contribution in [0.5, 0.6) is 5.75 Å². The summed E-state index contributed by atoms with van der Waals surface area (Å²) in [4.78, 5) is 14.8. The van der Waals surface area contributed by atoms with Crippen molar-refractivity contribution in [1.29, 1.82) is 0 Å². The number of aldehydes is 1. The second-order valence-electron chi connectivity index (χ2n) is 4.85. The number of aromatic nitrogens is 1. The van der Waals surface area contributed by atoms with Crippen LogP contribution in [0.4, 0.5) is 0 Å². The van der Waals surface area contributed by atoms with Crippen LogP contribution in [0.15, 0.2) is 36.4 Å². The highest BCUT2D eigenvalue weighted by molar-refractivity contribution is 6.32. The first kappa shape index (κ1) is 13.7. The van der Waals surface area contributed by atoms with Gasteiger partial charge < -0.3 is 9.72 Å². The van der Waals surface area contributed by atoms with Gasteiger partial charge in [-0.2, -0.15) is 0 Å². The summed E-state index contributed by atoms with van der Waals surface area (Å²) in [5, 5.41) is 1.57. The lowest BCUT2D eigenvalue weighted by atomic mass is 10.1. The Morgan fingerprint density at radius 2 is 1.86 bits per heavy atom. The Kier molecular flexibility index (Phi) is 3.43. The third kappa shape index (κ3) is 2.20. The molecule has 0 amide bonds. The second kappa shape index (κ2) is 5.26. The van der Waals surface area contributed by atoms with E-state index in [1.54, 1.807) is 7.11 Å². The molecule has 0 aliphatic heterocycles. The van der Waals surface area contributed by atoms with E-state index in [2.05, 4.69) is 4.98 Å². The first-order valence-electron chi connectivity index (χ1n) is 6.56. The zero-order valence-corrected chi connectivity index (χ0v) is 12.5. The fourth-order valence-corrected chi connectivity index (χ4v) is 2.66. The lowest BCUT2D eigenvalue weighted by molar-refractivity contribution is 0.112. The molecular weight excluding hydrogens is 286 g/mol. The minimum atomic E-state index is 0.648. The lowest BCUT2D eigenvalue weighted by Gasteiger charge is -2.02. The molecule has 0 atom stereocenters. The van der Waals surface area contributed by atoms with Crippen molar-refractivity contribution in [2.45, 2.75) is 6.92 Å². The van der Waals surface area contributed by atoms with E-state index in [1.165, 1.54) is 0 Å². The number of carbonyl (C=O) groups excluding carboxylic acids is 1. The average molecular weight is 300 g/mol. The SMILES string of the molecule is COc1ccc(-c2[nH]c3c(C)c(Cl)ccc3c2C=O)cc1. The molecule has 106 valence electrons. The van der Waals surface area contributed by atoms with Gasteiger partial charge in [0.15, 0.2) is 6.29 Å². The van der Waals surface area contributed by atoms with E-state index in [9.17, 15) is 4.79 Å². The minimum Gasteiger partial charge on any atom is -0.497 e. The molecule has 0 radical (unpaired) electrons. The Morgan fingerprint density at radius 1 is 1.14 bits per heavy atom. The zero-order chi connectivity index (χ0) is 15.0. The van der Waals surface area contributed by atoms with Gasteiger partial charge in [0.1, 0.15) is 5.75 Å². The summed E-state index contributed by atoms with van der Waals surface area (Å²) >= 11 is 6.15. The molecule has 3 aromatic rings. The zero-order valence-electron chi connectivity index (χ0n) is 11.7. The van der Waals surface area contributed by atoms with Crippen molar-refractivity contribution in [1.82, 2.24) is 4.98 Å². The van der Waals surface area contributed by atoms with Gasteiger partial charge in [0.25, 0.3) is 0 Å². The van der Waals surface area contributed by atoms with Crippen LogP contribution in [0.2, 0.25) is 5.02 Å². The van der Waals surface area contributed by atoms with E-state index in [-0.39, 0.29) is 0 Å². The quantitative estimate of drug-likeness (QED) is 0.717. The maximum absolute atomic E-state index is 11.5. The Hall–Kier alpha value is -2.26. The highest BCUT2D eigenvalue weighted by Gasteiger charge is 2.15. The fraction of sp³-hybridized carbons (Fsp3) is 0.118. The number of aromatic amines is 1. The second-order valence-corrected chi connectivity index (χ2v) is 5.26. The summed E-state index contributed by atoms with van der Waals surface area (Å²) in [5.41, 5.74) is 4.22. The molecule has 0 fully saturated rings. The summed E-state index contributed by atoms with van der Waals surface area (Å²) in [6.45, 7) is 1.94. The van der Waals surface area contributed by atoms with Gasteiger partial charge in [-0.3, -0.25) is 4.79 Å². The molecule has 2 aromatic carbocycles. The van der Waals surface area contributed by atoms with Crippen molar-refractivity contribution in [3.63, 3.8) is 0 Å². The number of nitrogens with one attached hydrogen (secondary N) is 1. The van der Waals surface area contributed by atoms with Crippen LogP contribution in [0.1, 0.15) is 15.9 Å². The number of methoxy groups -OCH3 is 1. The number of carbonyl (C=O) groups is 1. The Bertz CT molecular complexity index is 819. The van der Waals surface area contributed by atoms with Gasteiger partial charge in [0, 0.05) is 16.0 Å². The van der Waals surface area contributed by atoms with Crippen molar-refractivity contribution in [3.8, 4) is 17.0 Å². The molecule has 1 aromatic heterocycles. The van der Waals surface area contributed by atoms with Gasteiger partial charge in [-0.05, 0) is 48.4 Å². The highest BCUT2D eigenvalue weighted by Crippen LogP contribution is 2.33. The predicted molar refractivity (Wildman–Crippen MR) is 85.4 cm³/mol. The molecule has 0 saturated heterocycles. The van der Waals surface area contributed by atoms with Crippen LogP contribution in [0, 0.1) is 6.92 Å². The molecule has 0 aliphatic rings. The maximum atomic E-state index is 11.5. The van der Waals surface area contributed by atoms with Gasteiger partial charge in [-0.25, -0.2) is 0 Å². The molecule has 1 N–H and O–H groups in total. The number of benzene rings is 2. The Morgan fingerprint density at radius 3 is 2.48 bits per heavy atom. The topological polar surface area (TPSA) is 42.1 Å². The van der Waals surface area contributed by atoms with Crippen LogP contribution >= 0.6 is 11.6 Å². The molecule has 4 heteroatoms. The van der Waals surface area contributed by atoms with E-state index < -0.39 is 0 Å². The fourth-order valence-electron chi connectivity index (χ4n) is 2.51. The standard InChI is InChI=1S/C17H14ClNO2/c1-10-15(18)8-7-13-14(9-20)17(19-16(10)13)11-3-5-12(21-2)6-4-11/h3-9,19H,1-2H3. The highest BCUT2D eigenvalue weighted by atomic mass is 35.5. The van der Waals surface area contributed by atoms with Gasteiger partial charge in [0.2, 0.25) is 0 Å². The first-order valence-corrected chi connectivity index (χ1v) is 6.94. The number of fused-ring (bicyclic) bond motifs is 1. The summed E-state index contributed by atoms with van der Waals surface area (Å²) < 4.78 is 5.16. The molecule has 0 unspecified atom stereocenters. The van der Waals surface area contributed by atoms with Crippen molar-refractivity contribution in [3.05, 3.63) is 52.5 Å². The molecule has 0 aliphatic carbocycles. The Labute approximate surface area is 127 Å². The van der Waals surface area contributed by atoms with E-state index in [4.69, 9.17) is 16.3 Å². The third-order valence-electron chi connectivity index (χ3n) is 3.70. The molecular formula is C17H14ClNO2. The smallest absolute Gasteiger partial charge is 0.152 e. The van der Waals surface area contributed by atoms with Crippen LogP contribution in [0.25, 0.3) is 22.2 Å². The number of ether oxygens (including phenoxy) is 1. The normalized spacial score (nSPS) is 10.8. The van der Waals surface area contributed by atoms with Gasteiger partial charge in [-0.1, -0.05) is 17.7 Å². The van der Waals surface area contributed by atoms with Crippen molar-refractivity contribution in [2.24, 2.45) is 0 Å². The van der Waals surface area contributed by atoms with Gasteiger partial charge >= 0.3 is 0 Å². The van der Waals surface area contributed by atoms with Crippen molar-refractivity contribution >= 4 is 28.8 Å². The van der Waals surface area contributed by atoms with Gasteiger partial charge in [0.05, 0.1) is 18.3 Å². The maximum Gasteiger partial charge on any atom is 0.152 e. The molecule has 3 nitrogen and oxygen atoms in total. The molecule has 21 heavy (non-hydrogen) atoms.